The molecule has 0 saturated heterocycles. The van der Waals surface area contributed by atoms with E-state index in [4.69, 9.17) is 5.73 Å². The van der Waals surface area contributed by atoms with Gasteiger partial charge in [-0.25, -0.2) is 0 Å². The average Bonchev–Trinajstić information content (AvgIpc) is 3.06. The van der Waals surface area contributed by atoms with E-state index in [1.165, 1.54) is 5.56 Å². The first-order valence-corrected chi connectivity index (χ1v) is 11.3. The van der Waals surface area contributed by atoms with Gasteiger partial charge in [-0.3, -0.25) is 4.99 Å². The van der Waals surface area contributed by atoms with Crippen LogP contribution in [0.2, 0.25) is 0 Å². The number of nitrogens with zero attached hydrogens (tertiary/aromatic N) is 4. The topological polar surface area (TPSA) is 81.1 Å². The first-order chi connectivity index (χ1) is 13.4. The molecule has 1 heterocycles. The number of halogens is 1. The van der Waals surface area contributed by atoms with Crippen molar-refractivity contribution >= 4 is 47.4 Å². The molecule has 2 rings (SSSR count). The Morgan fingerprint density at radius 1 is 1.21 bits per heavy atom. The van der Waals surface area contributed by atoms with Crippen molar-refractivity contribution in [3.05, 3.63) is 35.7 Å². The summed E-state index contributed by atoms with van der Waals surface area (Å²) in [5.74, 6) is 2.61. The molecular weight excluding hydrogens is 495 g/mol. The van der Waals surface area contributed by atoms with Crippen molar-refractivity contribution in [1.82, 2.24) is 14.8 Å². The summed E-state index contributed by atoms with van der Waals surface area (Å²) < 4.78 is 2.22. The van der Waals surface area contributed by atoms with E-state index >= 15 is 0 Å². The standard InChI is InChI=1S/C21H34N6S.HI/c1-6-16(4)17-9-11-18(12-10-17)24-20(22)23-13-7-8-19-25-26-21(28-5)27(19)14-15(2)3;/h9-12,15-16H,6-8,13-14H2,1-5H3,(H3,22,23,24);1H. The highest BCUT2D eigenvalue weighted by Crippen LogP contribution is 2.20. The van der Waals surface area contributed by atoms with E-state index in [0.29, 0.717) is 24.3 Å². The van der Waals surface area contributed by atoms with Crippen LogP contribution in [0, 0.1) is 5.92 Å². The molecule has 2 aromatic rings. The van der Waals surface area contributed by atoms with Crippen LogP contribution in [0.5, 0.6) is 0 Å². The van der Waals surface area contributed by atoms with Gasteiger partial charge in [0.1, 0.15) is 5.82 Å². The van der Waals surface area contributed by atoms with Crippen LogP contribution in [0.4, 0.5) is 5.69 Å². The van der Waals surface area contributed by atoms with E-state index in [0.717, 1.165) is 42.5 Å². The largest absolute Gasteiger partial charge is 0.370 e. The van der Waals surface area contributed by atoms with Crippen molar-refractivity contribution in [3.63, 3.8) is 0 Å². The maximum absolute atomic E-state index is 6.03. The SMILES string of the molecule is CCC(C)c1ccc(NC(N)=NCCCc2nnc(SC)n2CC(C)C)cc1.I. The van der Waals surface area contributed by atoms with Crippen molar-refractivity contribution in [2.75, 3.05) is 18.1 Å². The molecule has 0 amide bonds. The second kappa shape index (κ2) is 13.1. The monoisotopic (exact) mass is 530 g/mol. The first kappa shape index (κ1) is 25.7. The molecule has 1 aromatic heterocycles. The van der Waals surface area contributed by atoms with Crippen molar-refractivity contribution in [2.24, 2.45) is 16.6 Å². The lowest BCUT2D eigenvalue weighted by Gasteiger charge is -2.11. The molecule has 6 nitrogen and oxygen atoms in total. The predicted octanol–water partition coefficient (Wildman–Crippen LogP) is 5.15. The minimum Gasteiger partial charge on any atom is -0.370 e. The van der Waals surface area contributed by atoms with Gasteiger partial charge in [-0.15, -0.1) is 34.2 Å². The van der Waals surface area contributed by atoms with Crippen LogP contribution in [0.15, 0.2) is 34.4 Å². The second-order valence-corrected chi connectivity index (χ2v) is 8.31. The maximum Gasteiger partial charge on any atom is 0.193 e. The van der Waals surface area contributed by atoms with Gasteiger partial charge in [-0.05, 0) is 48.6 Å². The summed E-state index contributed by atoms with van der Waals surface area (Å²) in [5, 5.41) is 12.8. The van der Waals surface area contributed by atoms with E-state index in [9.17, 15) is 0 Å². The highest BCUT2D eigenvalue weighted by atomic mass is 127. The number of aliphatic imine (C=N–C) groups is 1. The molecule has 1 aromatic carbocycles. The molecule has 0 fully saturated rings. The fourth-order valence-corrected chi connectivity index (χ4v) is 3.48. The van der Waals surface area contributed by atoms with Crippen molar-refractivity contribution < 1.29 is 0 Å². The molecule has 0 aliphatic rings. The van der Waals surface area contributed by atoms with Gasteiger partial charge >= 0.3 is 0 Å². The number of rotatable bonds is 10. The molecule has 3 N–H and O–H groups in total. The van der Waals surface area contributed by atoms with Gasteiger partial charge in [-0.1, -0.05) is 51.6 Å². The third-order valence-corrected chi connectivity index (χ3v) is 5.40. The summed E-state index contributed by atoms with van der Waals surface area (Å²) in [7, 11) is 0. The highest BCUT2D eigenvalue weighted by molar-refractivity contribution is 14.0. The molecule has 0 radical (unpaired) electrons. The lowest BCUT2D eigenvalue weighted by molar-refractivity contribution is 0.477. The fraction of sp³-hybridized carbons (Fsp3) is 0.571. The predicted molar refractivity (Wildman–Crippen MR) is 136 cm³/mol. The van der Waals surface area contributed by atoms with Crippen LogP contribution in [-0.4, -0.2) is 33.5 Å². The average molecular weight is 531 g/mol. The molecule has 0 aliphatic heterocycles. The molecule has 0 spiro atoms. The first-order valence-electron chi connectivity index (χ1n) is 10.1. The van der Waals surface area contributed by atoms with E-state index in [1.807, 2.05) is 6.26 Å². The summed E-state index contributed by atoms with van der Waals surface area (Å²) in [6.45, 7) is 10.5. The zero-order chi connectivity index (χ0) is 20.5. The number of benzene rings is 1. The maximum atomic E-state index is 6.03. The lowest BCUT2D eigenvalue weighted by Crippen LogP contribution is -2.23. The summed E-state index contributed by atoms with van der Waals surface area (Å²) in [4.78, 5) is 4.45. The molecule has 162 valence electrons. The Bertz CT molecular complexity index is 757. The van der Waals surface area contributed by atoms with Crippen LogP contribution in [0.3, 0.4) is 0 Å². The zero-order valence-corrected chi connectivity index (χ0v) is 21.3. The number of aromatic nitrogens is 3. The van der Waals surface area contributed by atoms with Gasteiger partial charge in [0.15, 0.2) is 11.1 Å². The number of hydrogen-bond acceptors (Lipinski definition) is 4. The number of aryl methyl sites for hydroxylation is 1. The van der Waals surface area contributed by atoms with Crippen molar-refractivity contribution in [1.29, 1.82) is 0 Å². The smallest absolute Gasteiger partial charge is 0.193 e. The quantitative estimate of drug-likeness (QED) is 0.146. The molecule has 0 aliphatic carbocycles. The molecule has 8 heteroatoms. The van der Waals surface area contributed by atoms with Gasteiger partial charge in [-0.2, -0.15) is 0 Å². The van der Waals surface area contributed by atoms with E-state index in [1.54, 1.807) is 11.8 Å². The van der Waals surface area contributed by atoms with Gasteiger partial charge in [0, 0.05) is 25.2 Å². The Morgan fingerprint density at radius 2 is 1.90 bits per heavy atom. The lowest BCUT2D eigenvalue weighted by atomic mass is 9.99. The van der Waals surface area contributed by atoms with Gasteiger partial charge in [0.25, 0.3) is 0 Å². The summed E-state index contributed by atoms with van der Waals surface area (Å²) >= 11 is 1.64. The number of guanidine groups is 1. The van der Waals surface area contributed by atoms with Crippen LogP contribution in [0.25, 0.3) is 0 Å². The van der Waals surface area contributed by atoms with Crippen LogP contribution < -0.4 is 11.1 Å². The van der Waals surface area contributed by atoms with Gasteiger partial charge < -0.3 is 15.6 Å². The van der Waals surface area contributed by atoms with Crippen molar-refractivity contribution in [3.8, 4) is 0 Å². The molecule has 1 unspecified atom stereocenters. The Labute approximate surface area is 196 Å². The number of nitrogens with two attached hydrogens (primary N) is 1. The van der Waals surface area contributed by atoms with Crippen molar-refractivity contribution in [2.45, 2.75) is 64.6 Å². The van der Waals surface area contributed by atoms with Gasteiger partial charge in [0.2, 0.25) is 0 Å². The van der Waals surface area contributed by atoms with Crippen LogP contribution in [0.1, 0.15) is 57.8 Å². The van der Waals surface area contributed by atoms with Crippen LogP contribution >= 0.6 is 35.7 Å². The summed E-state index contributed by atoms with van der Waals surface area (Å²) in [5.41, 5.74) is 8.35. The fourth-order valence-electron chi connectivity index (χ4n) is 2.96. The normalized spacial score (nSPS) is 12.7. The summed E-state index contributed by atoms with van der Waals surface area (Å²) in [6.07, 6.45) is 4.91. The van der Waals surface area contributed by atoms with Crippen LogP contribution in [-0.2, 0) is 13.0 Å². The molecule has 1 atom stereocenters. The van der Waals surface area contributed by atoms with E-state index < -0.39 is 0 Å². The number of nitrogens with one attached hydrogen (secondary N) is 1. The summed E-state index contributed by atoms with van der Waals surface area (Å²) in [6, 6.07) is 8.41. The molecule has 0 saturated carbocycles. The third kappa shape index (κ3) is 8.16. The van der Waals surface area contributed by atoms with E-state index in [-0.39, 0.29) is 24.0 Å². The minimum absolute atomic E-state index is 0. The Kier molecular flexibility index (Phi) is 11.6. The Hall–Kier alpha value is -1.29. The Balaban J connectivity index is 0.00000420. The number of anilines is 1. The van der Waals surface area contributed by atoms with E-state index in [2.05, 4.69) is 77.0 Å². The Morgan fingerprint density at radius 3 is 2.48 bits per heavy atom. The molecule has 0 bridgehead atoms. The number of hydrogen-bond donors (Lipinski definition) is 2. The van der Waals surface area contributed by atoms with Gasteiger partial charge in [0.05, 0.1) is 0 Å². The second-order valence-electron chi connectivity index (χ2n) is 7.53. The molecular formula is C21H35IN6S. The minimum atomic E-state index is 0. The third-order valence-electron chi connectivity index (χ3n) is 4.73. The highest BCUT2D eigenvalue weighted by Gasteiger charge is 2.12. The zero-order valence-electron chi connectivity index (χ0n) is 18.2. The molecule has 29 heavy (non-hydrogen) atoms. The number of thioether (sulfide) groups is 1.